The molecule has 0 bridgehead atoms. The first kappa shape index (κ1) is 9.80. The average molecular weight is 115 g/mol. The molecular formula is C4H5NO3. The lowest BCUT2D eigenvalue weighted by atomic mass is 10.8. The Morgan fingerprint density at radius 2 is 2.00 bits per heavy atom. The molecule has 0 saturated heterocycles. The summed E-state index contributed by atoms with van der Waals surface area (Å²) in [6.07, 6.45) is -0.167. The van der Waals surface area contributed by atoms with Crippen LogP contribution in [0.4, 0.5) is 0 Å². The summed E-state index contributed by atoms with van der Waals surface area (Å²) < 4.78 is 0. The van der Waals surface area contributed by atoms with Crippen LogP contribution < -0.4 is 0 Å². The first-order valence-corrected chi connectivity index (χ1v) is 1.68. The summed E-state index contributed by atoms with van der Waals surface area (Å²) in [5.74, 6) is -1.43. The number of nitrogens with zero attached hydrogens (tertiary/aromatic N) is 1. The van der Waals surface area contributed by atoms with E-state index in [1.54, 1.807) is 6.07 Å². The number of rotatable bonds is 1. The van der Waals surface area contributed by atoms with Crippen molar-refractivity contribution in [1.29, 1.82) is 5.26 Å². The molecule has 0 aliphatic heterocycles. The van der Waals surface area contributed by atoms with Crippen molar-refractivity contribution in [2.75, 3.05) is 0 Å². The number of carbonyl (C=O) groups is 2. The van der Waals surface area contributed by atoms with Crippen LogP contribution in [-0.2, 0) is 9.59 Å². The van der Waals surface area contributed by atoms with Crippen molar-refractivity contribution in [3.8, 4) is 6.07 Å². The van der Waals surface area contributed by atoms with Crippen molar-refractivity contribution in [3.05, 3.63) is 0 Å². The van der Waals surface area contributed by atoms with Gasteiger partial charge in [-0.05, 0) is 0 Å². The molecule has 0 rings (SSSR count). The maximum atomic E-state index is 9.00. The molecule has 0 fully saturated rings. The molecule has 4 nitrogen and oxygen atoms in total. The number of carboxylic acid groups (broad SMARTS) is 1. The number of aliphatic carboxylic acids is 1. The minimum atomic E-state index is -1.43. The fraction of sp³-hybridized carbons (Fsp3) is 0.250. The van der Waals surface area contributed by atoms with Crippen LogP contribution in [0.5, 0.6) is 0 Å². The van der Waals surface area contributed by atoms with Gasteiger partial charge in [-0.15, -0.1) is 0 Å². The molecule has 0 aromatic heterocycles. The van der Waals surface area contributed by atoms with Gasteiger partial charge in [0, 0.05) is 6.92 Å². The molecule has 0 aliphatic carbocycles. The van der Waals surface area contributed by atoms with E-state index < -0.39 is 5.97 Å². The molecule has 0 spiro atoms. The second-order valence-electron chi connectivity index (χ2n) is 0.680. The standard InChI is InChI=1S/C2H3N.C2H2O3/c1-2-3;3-1-2(4)5/h1H3;1H,(H,4,5). The van der Waals surface area contributed by atoms with Crippen LogP contribution in [0.15, 0.2) is 0 Å². The Balaban J connectivity index is 0. The van der Waals surface area contributed by atoms with Crippen LogP contribution in [0, 0.1) is 11.3 Å². The van der Waals surface area contributed by atoms with E-state index >= 15 is 0 Å². The quantitative estimate of drug-likeness (QED) is 0.379. The van der Waals surface area contributed by atoms with Crippen molar-refractivity contribution in [2.45, 2.75) is 6.92 Å². The van der Waals surface area contributed by atoms with Crippen molar-refractivity contribution in [2.24, 2.45) is 0 Å². The minimum Gasteiger partial charge on any atom is -0.476 e. The number of carbonyl (C=O) groups excluding carboxylic acids is 1. The summed E-state index contributed by atoms with van der Waals surface area (Å²) in [5, 5.41) is 14.7. The Morgan fingerprint density at radius 1 is 1.88 bits per heavy atom. The highest BCUT2D eigenvalue weighted by Gasteiger charge is 1.80. The van der Waals surface area contributed by atoms with Gasteiger partial charge in [0.25, 0.3) is 0 Å². The van der Waals surface area contributed by atoms with Gasteiger partial charge in [0.1, 0.15) is 0 Å². The Kier molecular flexibility index (Phi) is 11.2. The Bertz CT molecular complexity index is 113. The van der Waals surface area contributed by atoms with Crippen molar-refractivity contribution >= 4 is 12.3 Å². The molecule has 0 heterocycles. The first-order valence-electron chi connectivity index (χ1n) is 1.68. The Labute approximate surface area is 46.3 Å². The van der Waals surface area contributed by atoms with Gasteiger partial charge in [0.05, 0.1) is 6.07 Å². The highest BCUT2D eigenvalue weighted by atomic mass is 16.4. The van der Waals surface area contributed by atoms with E-state index in [2.05, 4.69) is 0 Å². The van der Waals surface area contributed by atoms with Crippen molar-refractivity contribution < 1.29 is 14.7 Å². The highest BCUT2D eigenvalue weighted by molar-refractivity contribution is 6.19. The number of hydrogen-bond acceptors (Lipinski definition) is 3. The highest BCUT2D eigenvalue weighted by Crippen LogP contribution is 1.39. The lowest BCUT2D eigenvalue weighted by molar-refractivity contribution is -0.143. The topological polar surface area (TPSA) is 78.2 Å². The number of carboxylic acids is 1. The van der Waals surface area contributed by atoms with Crippen LogP contribution in [0.2, 0.25) is 0 Å². The van der Waals surface area contributed by atoms with E-state index in [-0.39, 0.29) is 6.29 Å². The Hall–Kier alpha value is -1.37. The van der Waals surface area contributed by atoms with Gasteiger partial charge in [-0.2, -0.15) is 5.26 Å². The summed E-state index contributed by atoms with van der Waals surface area (Å²) in [7, 11) is 0. The summed E-state index contributed by atoms with van der Waals surface area (Å²) in [5.41, 5.74) is 0. The van der Waals surface area contributed by atoms with Crippen LogP contribution in [0.3, 0.4) is 0 Å². The molecule has 0 amide bonds. The van der Waals surface area contributed by atoms with Crippen LogP contribution in [-0.4, -0.2) is 17.4 Å². The zero-order valence-corrected chi connectivity index (χ0v) is 4.29. The van der Waals surface area contributed by atoms with Crippen LogP contribution in [0.1, 0.15) is 6.92 Å². The van der Waals surface area contributed by atoms with Gasteiger partial charge < -0.3 is 5.11 Å². The molecule has 8 heavy (non-hydrogen) atoms. The molecule has 0 saturated carbocycles. The molecule has 0 aromatic carbocycles. The molecule has 1 N–H and O–H groups in total. The van der Waals surface area contributed by atoms with E-state index in [1.165, 1.54) is 6.92 Å². The number of nitriles is 1. The van der Waals surface area contributed by atoms with E-state index in [9.17, 15) is 0 Å². The Morgan fingerprint density at radius 3 is 2.00 bits per heavy atom. The predicted molar refractivity (Wildman–Crippen MR) is 25.0 cm³/mol. The van der Waals surface area contributed by atoms with Crippen molar-refractivity contribution in [3.63, 3.8) is 0 Å². The lowest BCUT2D eigenvalue weighted by Crippen LogP contribution is -1.91. The maximum absolute atomic E-state index is 9.00. The second-order valence-corrected chi connectivity index (χ2v) is 0.680. The largest absolute Gasteiger partial charge is 0.476 e. The molecular weight excluding hydrogens is 110 g/mol. The van der Waals surface area contributed by atoms with E-state index in [0.717, 1.165) is 0 Å². The van der Waals surface area contributed by atoms with Crippen LogP contribution >= 0.6 is 0 Å². The second kappa shape index (κ2) is 9.16. The average Bonchev–Trinajstić information content (AvgIpc) is 1.69. The summed E-state index contributed by atoms with van der Waals surface area (Å²) in [4.78, 5) is 17.9. The van der Waals surface area contributed by atoms with Gasteiger partial charge in [-0.25, -0.2) is 4.79 Å². The smallest absolute Gasteiger partial charge is 0.368 e. The molecule has 4 heteroatoms. The van der Waals surface area contributed by atoms with Gasteiger partial charge in [0.15, 0.2) is 0 Å². The van der Waals surface area contributed by atoms with Gasteiger partial charge >= 0.3 is 5.97 Å². The zero-order chi connectivity index (χ0) is 6.99. The van der Waals surface area contributed by atoms with Gasteiger partial charge in [0.2, 0.25) is 6.29 Å². The van der Waals surface area contributed by atoms with Gasteiger partial charge in [-0.1, -0.05) is 0 Å². The molecule has 0 unspecified atom stereocenters. The molecule has 0 atom stereocenters. The molecule has 44 valence electrons. The van der Waals surface area contributed by atoms with E-state index in [0.29, 0.717) is 0 Å². The third-order valence-corrected chi connectivity index (χ3v) is 0.101. The molecule has 0 aromatic rings. The van der Waals surface area contributed by atoms with Crippen LogP contribution in [0.25, 0.3) is 0 Å². The summed E-state index contributed by atoms with van der Waals surface area (Å²) in [6, 6.07) is 1.75. The molecule has 0 aliphatic rings. The summed E-state index contributed by atoms with van der Waals surface area (Å²) >= 11 is 0. The number of hydrogen-bond donors (Lipinski definition) is 1. The van der Waals surface area contributed by atoms with E-state index in [1.807, 2.05) is 0 Å². The summed E-state index contributed by atoms with van der Waals surface area (Å²) in [6.45, 7) is 1.43. The lowest BCUT2D eigenvalue weighted by Gasteiger charge is -1.59. The molecule has 0 radical (unpaired) electrons. The first-order chi connectivity index (χ1) is 3.68. The number of aldehydes is 1. The fourth-order valence-corrected chi connectivity index (χ4v) is 0. The minimum absolute atomic E-state index is 0.167. The fourth-order valence-electron chi connectivity index (χ4n) is 0. The third-order valence-electron chi connectivity index (χ3n) is 0.101. The van der Waals surface area contributed by atoms with E-state index in [4.69, 9.17) is 20.0 Å². The van der Waals surface area contributed by atoms with Gasteiger partial charge in [-0.3, -0.25) is 4.79 Å². The maximum Gasteiger partial charge on any atom is 0.368 e. The third kappa shape index (κ3) is 154. The van der Waals surface area contributed by atoms with Crippen molar-refractivity contribution in [1.82, 2.24) is 0 Å². The monoisotopic (exact) mass is 115 g/mol. The normalized spacial score (nSPS) is 5.00. The zero-order valence-electron chi connectivity index (χ0n) is 4.29. The SMILES string of the molecule is CC#N.O=CC(=O)O. The predicted octanol–water partition coefficient (Wildman–Crippen LogP) is -0.200.